The van der Waals surface area contributed by atoms with Crippen molar-refractivity contribution in [2.75, 3.05) is 6.54 Å². The normalized spacial score (nSPS) is 11.7. The van der Waals surface area contributed by atoms with Gasteiger partial charge in [0.25, 0.3) is 0 Å². The molecular formula is C25H34N2O2. The average molecular weight is 395 g/mol. The number of carbonyl (C=O) groups excluding carboxylic acids is 2. The summed E-state index contributed by atoms with van der Waals surface area (Å²) >= 11 is 0. The predicted molar refractivity (Wildman–Crippen MR) is 119 cm³/mol. The van der Waals surface area contributed by atoms with Crippen molar-refractivity contribution in [3.8, 4) is 0 Å². The molecule has 156 valence electrons. The van der Waals surface area contributed by atoms with Gasteiger partial charge in [0.05, 0.1) is 6.42 Å². The van der Waals surface area contributed by atoms with Gasteiger partial charge in [-0.05, 0) is 37.8 Å². The molecular weight excluding hydrogens is 360 g/mol. The zero-order chi connectivity index (χ0) is 21.2. The van der Waals surface area contributed by atoms with Crippen LogP contribution in [-0.2, 0) is 22.6 Å². The Kier molecular flexibility index (Phi) is 8.91. The van der Waals surface area contributed by atoms with E-state index in [-0.39, 0.29) is 11.8 Å². The van der Waals surface area contributed by atoms with Gasteiger partial charge in [0, 0.05) is 13.1 Å². The first-order valence-corrected chi connectivity index (χ1v) is 10.6. The van der Waals surface area contributed by atoms with Gasteiger partial charge in [0.2, 0.25) is 11.8 Å². The van der Waals surface area contributed by atoms with E-state index < -0.39 is 6.04 Å². The molecule has 0 saturated carbocycles. The van der Waals surface area contributed by atoms with Crippen molar-refractivity contribution in [2.45, 2.75) is 66.0 Å². The fourth-order valence-corrected chi connectivity index (χ4v) is 3.65. The SMILES string of the molecule is CCCCNC(=O)[C@H](CC)N(Cc1ccccc1)C(=O)Cc1cc(C)cc(C)c1. The molecule has 2 rings (SSSR count). The van der Waals surface area contributed by atoms with Crippen molar-refractivity contribution in [1.82, 2.24) is 10.2 Å². The lowest BCUT2D eigenvalue weighted by Gasteiger charge is -2.31. The minimum absolute atomic E-state index is 0.0173. The number of amides is 2. The van der Waals surface area contributed by atoms with Crippen LogP contribution < -0.4 is 5.32 Å². The Morgan fingerprint density at radius 3 is 2.21 bits per heavy atom. The summed E-state index contributed by atoms with van der Waals surface area (Å²) in [7, 11) is 0. The average Bonchev–Trinajstić information content (AvgIpc) is 2.68. The lowest BCUT2D eigenvalue weighted by Crippen LogP contribution is -2.49. The number of carbonyl (C=O) groups is 2. The standard InChI is InChI=1S/C25H34N2O2/c1-5-7-13-26-25(29)23(6-2)27(18-21-11-9-8-10-12-21)24(28)17-22-15-19(3)14-20(4)16-22/h8-12,14-16,23H,5-7,13,17-18H2,1-4H3,(H,26,29)/t23-/m0/s1. The molecule has 0 radical (unpaired) electrons. The van der Waals surface area contributed by atoms with E-state index in [9.17, 15) is 9.59 Å². The van der Waals surface area contributed by atoms with Gasteiger partial charge >= 0.3 is 0 Å². The Morgan fingerprint density at radius 2 is 1.62 bits per heavy atom. The number of nitrogens with zero attached hydrogens (tertiary/aromatic N) is 1. The first kappa shape index (κ1) is 22.7. The number of rotatable bonds is 10. The van der Waals surface area contributed by atoms with E-state index in [0.717, 1.165) is 35.1 Å². The van der Waals surface area contributed by atoms with Gasteiger partial charge in [0.1, 0.15) is 6.04 Å². The van der Waals surface area contributed by atoms with Crippen molar-refractivity contribution < 1.29 is 9.59 Å². The first-order chi connectivity index (χ1) is 13.9. The van der Waals surface area contributed by atoms with E-state index in [2.05, 4.69) is 18.3 Å². The van der Waals surface area contributed by atoms with Crippen LogP contribution in [-0.4, -0.2) is 29.3 Å². The van der Waals surface area contributed by atoms with Gasteiger partial charge in [0.15, 0.2) is 0 Å². The molecule has 4 nitrogen and oxygen atoms in total. The summed E-state index contributed by atoms with van der Waals surface area (Å²) in [4.78, 5) is 27.9. The van der Waals surface area contributed by atoms with Crippen molar-refractivity contribution in [3.05, 3.63) is 70.8 Å². The maximum Gasteiger partial charge on any atom is 0.242 e. The molecule has 0 spiro atoms. The monoisotopic (exact) mass is 394 g/mol. The van der Waals surface area contributed by atoms with E-state index in [1.165, 1.54) is 0 Å². The molecule has 0 aliphatic heterocycles. The molecule has 0 heterocycles. The highest BCUT2D eigenvalue weighted by Gasteiger charge is 2.28. The van der Waals surface area contributed by atoms with Gasteiger partial charge in [-0.1, -0.05) is 79.9 Å². The van der Waals surface area contributed by atoms with E-state index in [1.807, 2.05) is 63.2 Å². The fourth-order valence-electron chi connectivity index (χ4n) is 3.65. The number of hydrogen-bond acceptors (Lipinski definition) is 2. The molecule has 29 heavy (non-hydrogen) atoms. The molecule has 0 unspecified atom stereocenters. The quantitative estimate of drug-likeness (QED) is 0.600. The van der Waals surface area contributed by atoms with Crippen LogP contribution in [0.25, 0.3) is 0 Å². The molecule has 2 aromatic rings. The summed E-state index contributed by atoms with van der Waals surface area (Å²) in [6, 6.07) is 15.6. The Labute approximate surface area is 175 Å². The van der Waals surface area contributed by atoms with Crippen LogP contribution in [0.3, 0.4) is 0 Å². The van der Waals surface area contributed by atoms with Gasteiger partial charge in [-0.25, -0.2) is 0 Å². The second-order valence-corrected chi connectivity index (χ2v) is 7.75. The third-order valence-corrected chi connectivity index (χ3v) is 5.05. The summed E-state index contributed by atoms with van der Waals surface area (Å²) in [6.07, 6.45) is 2.85. The second kappa shape index (κ2) is 11.4. The van der Waals surface area contributed by atoms with E-state index >= 15 is 0 Å². The van der Waals surface area contributed by atoms with E-state index in [4.69, 9.17) is 0 Å². The maximum absolute atomic E-state index is 13.3. The molecule has 0 aliphatic rings. The van der Waals surface area contributed by atoms with Crippen LogP contribution in [0.2, 0.25) is 0 Å². The van der Waals surface area contributed by atoms with Gasteiger partial charge in [-0.2, -0.15) is 0 Å². The van der Waals surface area contributed by atoms with E-state index in [1.54, 1.807) is 4.90 Å². The summed E-state index contributed by atoms with van der Waals surface area (Å²) < 4.78 is 0. The number of aryl methyl sites for hydroxylation is 2. The van der Waals surface area contributed by atoms with Crippen molar-refractivity contribution >= 4 is 11.8 Å². The summed E-state index contributed by atoms with van der Waals surface area (Å²) in [5.41, 5.74) is 4.31. The smallest absolute Gasteiger partial charge is 0.242 e. The Hall–Kier alpha value is -2.62. The highest BCUT2D eigenvalue weighted by atomic mass is 16.2. The zero-order valence-electron chi connectivity index (χ0n) is 18.2. The minimum atomic E-state index is -0.467. The predicted octanol–water partition coefficient (Wildman–Crippen LogP) is 4.57. The minimum Gasteiger partial charge on any atom is -0.354 e. The third-order valence-electron chi connectivity index (χ3n) is 5.05. The first-order valence-electron chi connectivity index (χ1n) is 10.6. The van der Waals surface area contributed by atoms with Crippen LogP contribution in [0.1, 0.15) is 55.4 Å². The van der Waals surface area contributed by atoms with Gasteiger partial charge < -0.3 is 10.2 Å². The van der Waals surface area contributed by atoms with E-state index in [0.29, 0.717) is 25.9 Å². The molecule has 0 bridgehead atoms. The van der Waals surface area contributed by atoms with Gasteiger partial charge in [-0.3, -0.25) is 9.59 Å². The largest absolute Gasteiger partial charge is 0.354 e. The molecule has 0 saturated heterocycles. The molecule has 4 heteroatoms. The Morgan fingerprint density at radius 1 is 0.966 bits per heavy atom. The Balaban J connectivity index is 2.24. The second-order valence-electron chi connectivity index (χ2n) is 7.75. The Bertz CT molecular complexity index is 781. The number of nitrogens with one attached hydrogen (secondary N) is 1. The van der Waals surface area contributed by atoms with Crippen LogP contribution in [0.5, 0.6) is 0 Å². The summed E-state index contributed by atoms with van der Waals surface area (Å²) in [5, 5.41) is 3.00. The van der Waals surface area contributed by atoms with Crippen LogP contribution in [0.4, 0.5) is 0 Å². The lowest BCUT2D eigenvalue weighted by atomic mass is 10.0. The van der Waals surface area contributed by atoms with Crippen molar-refractivity contribution in [2.24, 2.45) is 0 Å². The van der Waals surface area contributed by atoms with Gasteiger partial charge in [-0.15, -0.1) is 0 Å². The summed E-state index contributed by atoms with van der Waals surface area (Å²) in [6.45, 7) is 9.22. The molecule has 0 fully saturated rings. The number of benzene rings is 2. The highest BCUT2D eigenvalue weighted by Crippen LogP contribution is 2.16. The zero-order valence-corrected chi connectivity index (χ0v) is 18.2. The topological polar surface area (TPSA) is 49.4 Å². The highest BCUT2D eigenvalue weighted by molar-refractivity contribution is 5.88. The number of unbranched alkanes of at least 4 members (excludes halogenated alkanes) is 1. The molecule has 2 aromatic carbocycles. The molecule has 1 N–H and O–H groups in total. The van der Waals surface area contributed by atoms with Crippen LogP contribution >= 0.6 is 0 Å². The summed E-state index contributed by atoms with van der Waals surface area (Å²) in [5.74, 6) is -0.0815. The molecule has 0 aliphatic carbocycles. The molecule has 1 atom stereocenters. The fraction of sp³-hybridized carbons (Fsp3) is 0.440. The van der Waals surface area contributed by atoms with Crippen molar-refractivity contribution in [3.63, 3.8) is 0 Å². The van der Waals surface area contributed by atoms with Crippen molar-refractivity contribution in [1.29, 1.82) is 0 Å². The number of hydrogen-bond donors (Lipinski definition) is 1. The maximum atomic E-state index is 13.3. The molecule has 0 aromatic heterocycles. The third kappa shape index (κ3) is 7.04. The molecule has 2 amide bonds. The van der Waals surface area contributed by atoms with Crippen LogP contribution in [0.15, 0.2) is 48.5 Å². The van der Waals surface area contributed by atoms with Crippen LogP contribution in [0, 0.1) is 13.8 Å². The lowest BCUT2D eigenvalue weighted by molar-refractivity contribution is -0.140.